The zero-order chi connectivity index (χ0) is 14.7. The van der Waals surface area contributed by atoms with E-state index in [0.29, 0.717) is 5.89 Å². The summed E-state index contributed by atoms with van der Waals surface area (Å²) in [5.41, 5.74) is 3.20. The van der Waals surface area contributed by atoms with Crippen LogP contribution in [0.25, 0.3) is 11.5 Å². The van der Waals surface area contributed by atoms with Crippen molar-refractivity contribution in [2.24, 2.45) is 4.99 Å². The number of nitrogens with zero attached hydrogens (tertiary/aromatic N) is 3. The minimum atomic E-state index is 0.681. The van der Waals surface area contributed by atoms with Crippen molar-refractivity contribution in [3.63, 3.8) is 0 Å². The van der Waals surface area contributed by atoms with Crippen LogP contribution in [0.2, 0.25) is 0 Å². The molecule has 1 N–H and O–H groups in total. The Kier molecular flexibility index (Phi) is 3.90. The number of aryl methyl sites for hydroxylation is 1. The summed E-state index contributed by atoms with van der Waals surface area (Å²) in [6.07, 6.45) is 2.55. The number of likely N-dealkylation sites (N-methyl/N-ethyl adjacent to an activating group) is 1. The summed E-state index contributed by atoms with van der Waals surface area (Å²) in [7, 11) is 2.05. The minimum absolute atomic E-state index is 0.681. The van der Waals surface area contributed by atoms with Crippen LogP contribution in [0, 0.1) is 6.92 Å². The van der Waals surface area contributed by atoms with Crippen LogP contribution in [0.5, 0.6) is 0 Å². The second kappa shape index (κ2) is 5.99. The lowest BCUT2D eigenvalue weighted by atomic mass is 10.1. The van der Waals surface area contributed by atoms with Gasteiger partial charge in [0.1, 0.15) is 6.26 Å². The molecule has 1 aromatic heterocycles. The van der Waals surface area contributed by atoms with E-state index in [0.717, 1.165) is 43.3 Å². The maximum absolute atomic E-state index is 5.55. The van der Waals surface area contributed by atoms with Crippen LogP contribution in [-0.4, -0.2) is 42.5 Å². The van der Waals surface area contributed by atoms with E-state index in [1.165, 1.54) is 5.56 Å². The van der Waals surface area contributed by atoms with E-state index in [1.54, 1.807) is 6.26 Å². The smallest absolute Gasteiger partial charge is 0.226 e. The molecular weight excluding hydrogens is 264 g/mol. The van der Waals surface area contributed by atoms with Crippen molar-refractivity contribution in [2.75, 3.05) is 26.7 Å². The molecule has 1 aromatic carbocycles. The van der Waals surface area contributed by atoms with Crippen LogP contribution < -0.4 is 5.32 Å². The number of nitrogens with one attached hydrogen (secondary N) is 1. The van der Waals surface area contributed by atoms with Crippen LogP contribution in [0.1, 0.15) is 11.3 Å². The van der Waals surface area contributed by atoms with Gasteiger partial charge in [-0.3, -0.25) is 4.99 Å². The molecule has 0 saturated heterocycles. The van der Waals surface area contributed by atoms with Gasteiger partial charge in [0.25, 0.3) is 0 Å². The third-order valence-corrected chi connectivity index (χ3v) is 3.57. The Morgan fingerprint density at radius 1 is 1.29 bits per heavy atom. The maximum Gasteiger partial charge on any atom is 0.226 e. The van der Waals surface area contributed by atoms with E-state index in [9.17, 15) is 0 Å². The predicted molar refractivity (Wildman–Crippen MR) is 83.3 cm³/mol. The van der Waals surface area contributed by atoms with Crippen LogP contribution in [-0.2, 0) is 6.42 Å². The number of rotatable bonds is 4. The number of hydrogen-bond donors (Lipinski definition) is 1. The number of guanidine groups is 1. The third-order valence-electron chi connectivity index (χ3n) is 3.57. The van der Waals surface area contributed by atoms with Gasteiger partial charge in [-0.15, -0.1) is 0 Å². The Bertz CT molecular complexity index is 630. The van der Waals surface area contributed by atoms with Crippen LogP contribution in [0.4, 0.5) is 0 Å². The first-order valence-electron chi connectivity index (χ1n) is 7.23. The van der Waals surface area contributed by atoms with Gasteiger partial charge in [-0.05, 0) is 19.1 Å². The van der Waals surface area contributed by atoms with Crippen molar-refractivity contribution >= 4 is 5.96 Å². The van der Waals surface area contributed by atoms with E-state index < -0.39 is 0 Å². The lowest BCUT2D eigenvalue weighted by Crippen LogP contribution is -2.36. The molecule has 2 aromatic rings. The summed E-state index contributed by atoms with van der Waals surface area (Å²) in [5.74, 6) is 1.65. The predicted octanol–water partition coefficient (Wildman–Crippen LogP) is 2.08. The van der Waals surface area contributed by atoms with E-state index >= 15 is 0 Å². The van der Waals surface area contributed by atoms with E-state index in [2.05, 4.69) is 39.2 Å². The average molecular weight is 284 g/mol. The zero-order valence-corrected chi connectivity index (χ0v) is 12.5. The fourth-order valence-electron chi connectivity index (χ4n) is 2.28. The molecule has 5 heteroatoms. The molecule has 3 rings (SSSR count). The Morgan fingerprint density at radius 3 is 2.81 bits per heavy atom. The fraction of sp³-hybridized carbons (Fsp3) is 0.375. The van der Waals surface area contributed by atoms with E-state index in [1.807, 2.05) is 19.2 Å². The summed E-state index contributed by atoms with van der Waals surface area (Å²) in [6, 6.07) is 8.19. The summed E-state index contributed by atoms with van der Waals surface area (Å²) >= 11 is 0. The lowest BCUT2D eigenvalue weighted by Gasteiger charge is -2.14. The Hall–Kier alpha value is -2.30. The fourth-order valence-corrected chi connectivity index (χ4v) is 2.28. The van der Waals surface area contributed by atoms with E-state index in [-0.39, 0.29) is 0 Å². The summed E-state index contributed by atoms with van der Waals surface area (Å²) in [5, 5.41) is 3.33. The molecule has 5 nitrogen and oxygen atoms in total. The molecule has 110 valence electrons. The molecule has 0 saturated carbocycles. The number of aliphatic imine (C=N–C) groups is 1. The summed E-state index contributed by atoms with van der Waals surface area (Å²) < 4.78 is 5.55. The molecule has 0 fully saturated rings. The first-order chi connectivity index (χ1) is 10.2. The number of aromatic nitrogens is 1. The van der Waals surface area contributed by atoms with Gasteiger partial charge < -0.3 is 14.6 Å². The molecule has 0 radical (unpaired) electrons. The Balaban J connectivity index is 1.56. The second-order valence-corrected chi connectivity index (χ2v) is 5.31. The van der Waals surface area contributed by atoms with Crippen LogP contribution in [0.15, 0.2) is 39.9 Å². The van der Waals surface area contributed by atoms with Gasteiger partial charge in [0.2, 0.25) is 5.89 Å². The molecule has 1 aliphatic rings. The molecule has 0 unspecified atom stereocenters. The van der Waals surface area contributed by atoms with Crippen LogP contribution in [0.3, 0.4) is 0 Å². The molecular formula is C16H20N4O. The van der Waals surface area contributed by atoms with Gasteiger partial charge in [-0.2, -0.15) is 0 Å². The van der Waals surface area contributed by atoms with Gasteiger partial charge >= 0.3 is 0 Å². The largest absolute Gasteiger partial charge is 0.444 e. The minimum Gasteiger partial charge on any atom is -0.444 e. The molecule has 2 heterocycles. The zero-order valence-electron chi connectivity index (χ0n) is 12.5. The Morgan fingerprint density at radius 2 is 2.10 bits per heavy atom. The van der Waals surface area contributed by atoms with Crippen molar-refractivity contribution in [3.8, 4) is 11.5 Å². The van der Waals surface area contributed by atoms with Crippen LogP contribution >= 0.6 is 0 Å². The number of oxazole rings is 1. The maximum atomic E-state index is 5.55. The quantitative estimate of drug-likeness (QED) is 0.934. The van der Waals surface area contributed by atoms with Crippen molar-refractivity contribution in [2.45, 2.75) is 13.3 Å². The van der Waals surface area contributed by atoms with Crippen molar-refractivity contribution < 1.29 is 4.42 Å². The van der Waals surface area contributed by atoms with Gasteiger partial charge in [0.05, 0.1) is 12.2 Å². The van der Waals surface area contributed by atoms with Crippen molar-refractivity contribution in [1.29, 1.82) is 0 Å². The number of benzene rings is 1. The van der Waals surface area contributed by atoms with Gasteiger partial charge in [-0.1, -0.05) is 17.7 Å². The summed E-state index contributed by atoms with van der Waals surface area (Å²) in [6.45, 7) is 4.74. The molecule has 0 aliphatic carbocycles. The topological polar surface area (TPSA) is 53.7 Å². The lowest BCUT2D eigenvalue weighted by molar-refractivity contribution is 0.534. The first kappa shape index (κ1) is 13.7. The standard InChI is InChI=1S/C16H20N4O/c1-12-3-5-13(6-4-12)15-19-14(11-21-15)7-8-17-16-18-9-10-20(16)2/h3-6,11H,7-10H2,1-2H3,(H,17,18). The van der Waals surface area contributed by atoms with Gasteiger partial charge in [-0.25, -0.2) is 4.98 Å². The molecule has 0 atom stereocenters. The second-order valence-electron chi connectivity index (χ2n) is 5.31. The molecule has 21 heavy (non-hydrogen) atoms. The molecule has 1 aliphatic heterocycles. The SMILES string of the molecule is Cc1ccc(-c2nc(CCNC3=NCCN3C)co2)cc1. The highest BCUT2D eigenvalue weighted by Gasteiger charge is 2.12. The van der Waals surface area contributed by atoms with Crippen molar-refractivity contribution in [1.82, 2.24) is 15.2 Å². The van der Waals surface area contributed by atoms with Gasteiger partial charge in [0, 0.05) is 32.1 Å². The molecule has 0 spiro atoms. The Labute approximate surface area is 124 Å². The summed E-state index contributed by atoms with van der Waals surface area (Å²) in [4.78, 5) is 11.1. The number of hydrogen-bond acceptors (Lipinski definition) is 5. The highest BCUT2D eigenvalue weighted by atomic mass is 16.3. The van der Waals surface area contributed by atoms with Crippen molar-refractivity contribution in [3.05, 3.63) is 41.8 Å². The highest BCUT2D eigenvalue weighted by Crippen LogP contribution is 2.19. The first-order valence-corrected chi connectivity index (χ1v) is 7.23. The molecule has 0 amide bonds. The third kappa shape index (κ3) is 3.24. The monoisotopic (exact) mass is 284 g/mol. The molecule has 0 bridgehead atoms. The van der Waals surface area contributed by atoms with E-state index in [4.69, 9.17) is 4.42 Å². The van der Waals surface area contributed by atoms with Gasteiger partial charge in [0.15, 0.2) is 5.96 Å². The average Bonchev–Trinajstić information content (AvgIpc) is 3.10. The highest BCUT2D eigenvalue weighted by molar-refractivity contribution is 5.81. The normalized spacial score (nSPS) is 14.4.